The number of hydrogen-bond acceptors (Lipinski definition) is 4. The normalized spacial score (nSPS) is 10.8. The predicted octanol–water partition coefficient (Wildman–Crippen LogP) is 3.88. The third kappa shape index (κ3) is 3.35. The number of aromatic nitrogens is 2. The standard InChI is InChI=1S/C15H12ClN3O2S/c16-13-7-6-12(22-13)11(20)5-8-14(21)19-15-17-9-3-1-2-4-10(9)18-15/h1-4,6-7H,5,8H2,(H2,17,18,19,21). The summed E-state index contributed by atoms with van der Waals surface area (Å²) in [6, 6.07) is 10.8. The highest BCUT2D eigenvalue weighted by molar-refractivity contribution is 7.18. The Labute approximate surface area is 135 Å². The van der Waals surface area contributed by atoms with Gasteiger partial charge in [-0.05, 0) is 24.3 Å². The molecule has 5 nitrogen and oxygen atoms in total. The smallest absolute Gasteiger partial charge is 0.227 e. The van der Waals surface area contributed by atoms with Crippen LogP contribution in [0.2, 0.25) is 4.34 Å². The highest BCUT2D eigenvalue weighted by Crippen LogP contribution is 2.23. The van der Waals surface area contributed by atoms with Crippen molar-refractivity contribution in [2.45, 2.75) is 12.8 Å². The maximum Gasteiger partial charge on any atom is 0.227 e. The fourth-order valence-electron chi connectivity index (χ4n) is 2.02. The number of H-pyrrole nitrogens is 1. The van der Waals surface area contributed by atoms with Gasteiger partial charge in [-0.1, -0.05) is 23.7 Å². The van der Waals surface area contributed by atoms with Crippen molar-refractivity contribution >= 4 is 51.6 Å². The summed E-state index contributed by atoms with van der Waals surface area (Å²) in [5.41, 5.74) is 1.63. The summed E-state index contributed by atoms with van der Waals surface area (Å²) < 4.78 is 0.565. The van der Waals surface area contributed by atoms with Crippen LogP contribution in [0.4, 0.5) is 5.95 Å². The number of thiophene rings is 1. The molecule has 0 bridgehead atoms. The summed E-state index contributed by atoms with van der Waals surface area (Å²) in [6.07, 6.45) is 0.244. The molecule has 1 amide bonds. The lowest BCUT2D eigenvalue weighted by atomic mass is 10.2. The Hall–Kier alpha value is -2.18. The van der Waals surface area contributed by atoms with E-state index in [-0.39, 0.29) is 24.5 Å². The Bertz CT molecular complexity index is 807. The molecule has 7 heteroatoms. The second-order valence-corrected chi connectivity index (χ2v) is 6.39. The maximum atomic E-state index is 11.9. The van der Waals surface area contributed by atoms with Crippen molar-refractivity contribution in [1.82, 2.24) is 9.97 Å². The van der Waals surface area contributed by atoms with Crippen molar-refractivity contribution in [3.8, 4) is 0 Å². The number of carbonyl (C=O) groups excluding carboxylic acids is 2. The van der Waals surface area contributed by atoms with E-state index in [4.69, 9.17) is 11.6 Å². The van der Waals surface area contributed by atoms with Crippen LogP contribution in [0.25, 0.3) is 11.0 Å². The first-order valence-electron chi connectivity index (χ1n) is 6.65. The van der Waals surface area contributed by atoms with Crippen LogP contribution >= 0.6 is 22.9 Å². The predicted molar refractivity (Wildman–Crippen MR) is 87.6 cm³/mol. The van der Waals surface area contributed by atoms with Gasteiger partial charge in [-0.3, -0.25) is 14.9 Å². The summed E-state index contributed by atoms with van der Waals surface area (Å²) in [5.74, 6) is 0.0459. The minimum Gasteiger partial charge on any atom is -0.324 e. The third-order valence-electron chi connectivity index (χ3n) is 3.07. The topological polar surface area (TPSA) is 74.8 Å². The van der Waals surface area contributed by atoms with E-state index in [9.17, 15) is 9.59 Å². The molecule has 1 aromatic carbocycles. The number of nitrogens with one attached hydrogen (secondary N) is 2. The molecule has 2 N–H and O–H groups in total. The van der Waals surface area contributed by atoms with E-state index in [0.29, 0.717) is 15.2 Å². The molecule has 2 aromatic heterocycles. The third-order valence-corrected chi connectivity index (χ3v) is 4.35. The van der Waals surface area contributed by atoms with E-state index >= 15 is 0 Å². The molecule has 0 spiro atoms. The molecule has 22 heavy (non-hydrogen) atoms. The number of rotatable bonds is 5. The molecule has 0 aliphatic carbocycles. The number of ketones is 1. The number of Topliss-reactive ketones (excluding diaryl/α,β-unsaturated/α-hetero) is 1. The number of amides is 1. The molecule has 112 valence electrons. The zero-order valence-corrected chi connectivity index (χ0v) is 13.0. The lowest BCUT2D eigenvalue weighted by Gasteiger charge is -2.00. The Balaban J connectivity index is 1.57. The molecule has 0 atom stereocenters. The highest BCUT2D eigenvalue weighted by Gasteiger charge is 2.12. The van der Waals surface area contributed by atoms with E-state index in [1.54, 1.807) is 12.1 Å². The first-order chi connectivity index (χ1) is 10.6. The van der Waals surface area contributed by atoms with Gasteiger partial charge < -0.3 is 4.98 Å². The summed E-state index contributed by atoms with van der Waals surface area (Å²) in [7, 11) is 0. The number of para-hydroxylation sites is 2. The van der Waals surface area contributed by atoms with Gasteiger partial charge >= 0.3 is 0 Å². The van der Waals surface area contributed by atoms with Crippen molar-refractivity contribution in [2.24, 2.45) is 0 Å². The second-order valence-electron chi connectivity index (χ2n) is 4.68. The number of imidazole rings is 1. The van der Waals surface area contributed by atoms with Gasteiger partial charge in [-0.25, -0.2) is 4.98 Å². The molecule has 3 aromatic rings. The molecular formula is C15H12ClN3O2S. The highest BCUT2D eigenvalue weighted by atomic mass is 35.5. The van der Waals surface area contributed by atoms with Gasteiger partial charge in [0.25, 0.3) is 0 Å². The van der Waals surface area contributed by atoms with Gasteiger partial charge in [0, 0.05) is 12.8 Å². The minimum absolute atomic E-state index is 0.0864. The molecule has 0 radical (unpaired) electrons. The number of halogens is 1. The minimum atomic E-state index is -0.255. The molecular weight excluding hydrogens is 322 g/mol. The van der Waals surface area contributed by atoms with Crippen LogP contribution in [0.5, 0.6) is 0 Å². The molecule has 0 saturated carbocycles. The SMILES string of the molecule is O=C(CCC(=O)c1ccc(Cl)s1)Nc1nc2ccccc2[nH]1. The van der Waals surface area contributed by atoms with Crippen LogP contribution in [-0.4, -0.2) is 21.7 Å². The van der Waals surface area contributed by atoms with Crippen LogP contribution in [0, 0.1) is 0 Å². The van der Waals surface area contributed by atoms with Crippen LogP contribution < -0.4 is 5.32 Å². The number of aromatic amines is 1. The first-order valence-corrected chi connectivity index (χ1v) is 7.84. The van der Waals surface area contributed by atoms with Crippen molar-refractivity contribution in [2.75, 3.05) is 5.32 Å². The number of hydrogen-bond donors (Lipinski definition) is 2. The zero-order valence-electron chi connectivity index (χ0n) is 11.4. The number of fused-ring (bicyclic) bond motifs is 1. The van der Waals surface area contributed by atoms with Crippen molar-refractivity contribution in [3.63, 3.8) is 0 Å². The molecule has 0 aliphatic heterocycles. The molecule has 0 saturated heterocycles. The van der Waals surface area contributed by atoms with E-state index in [2.05, 4.69) is 15.3 Å². The van der Waals surface area contributed by atoms with Gasteiger partial charge in [0.2, 0.25) is 11.9 Å². The van der Waals surface area contributed by atoms with E-state index in [0.717, 1.165) is 11.0 Å². The average Bonchev–Trinajstić information content (AvgIpc) is 3.10. The summed E-state index contributed by atoms with van der Waals surface area (Å²) >= 11 is 7.01. The first kappa shape index (κ1) is 14.7. The Morgan fingerprint density at radius 3 is 2.73 bits per heavy atom. The fourth-order valence-corrected chi connectivity index (χ4v) is 3.03. The van der Waals surface area contributed by atoms with Gasteiger partial charge in [-0.15, -0.1) is 11.3 Å². The number of nitrogens with zero attached hydrogens (tertiary/aromatic N) is 1. The number of anilines is 1. The summed E-state index contributed by atoms with van der Waals surface area (Å²) in [4.78, 5) is 31.6. The largest absolute Gasteiger partial charge is 0.324 e. The Kier molecular flexibility index (Phi) is 4.22. The Morgan fingerprint density at radius 2 is 2.00 bits per heavy atom. The van der Waals surface area contributed by atoms with Crippen molar-refractivity contribution < 1.29 is 9.59 Å². The quantitative estimate of drug-likeness (QED) is 0.696. The second kappa shape index (κ2) is 6.29. The van der Waals surface area contributed by atoms with Gasteiger partial charge in [0.1, 0.15) is 0 Å². The Morgan fingerprint density at radius 1 is 1.18 bits per heavy atom. The number of benzene rings is 1. The lowest BCUT2D eigenvalue weighted by Crippen LogP contribution is -2.14. The summed E-state index contributed by atoms with van der Waals surface area (Å²) in [5, 5.41) is 2.66. The van der Waals surface area contributed by atoms with Crippen LogP contribution in [0.15, 0.2) is 36.4 Å². The van der Waals surface area contributed by atoms with Gasteiger partial charge in [0.05, 0.1) is 20.2 Å². The fraction of sp³-hybridized carbons (Fsp3) is 0.133. The van der Waals surface area contributed by atoms with E-state index < -0.39 is 0 Å². The molecule has 2 heterocycles. The van der Waals surface area contributed by atoms with Gasteiger partial charge in [0.15, 0.2) is 5.78 Å². The maximum absolute atomic E-state index is 11.9. The molecule has 0 fully saturated rings. The molecule has 0 aliphatic rings. The van der Waals surface area contributed by atoms with Crippen LogP contribution in [-0.2, 0) is 4.79 Å². The van der Waals surface area contributed by atoms with E-state index in [1.165, 1.54) is 11.3 Å². The lowest BCUT2D eigenvalue weighted by molar-refractivity contribution is -0.116. The monoisotopic (exact) mass is 333 g/mol. The molecule has 3 rings (SSSR count). The van der Waals surface area contributed by atoms with Crippen molar-refractivity contribution in [3.05, 3.63) is 45.6 Å². The average molecular weight is 334 g/mol. The molecule has 0 unspecified atom stereocenters. The zero-order chi connectivity index (χ0) is 15.5. The summed E-state index contributed by atoms with van der Waals surface area (Å²) in [6.45, 7) is 0. The van der Waals surface area contributed by atoms with E-state index in [1.807, 2.05) is 24.3 Å². The van der Waals surface area contributed by atoms with Gasteiger partial charge in [-0.2, -0.15) is 0 Å². The van der Waals surface area contributed by atoms with Crippen LogP contribution in [0.3, 0.4) is 0 Å². The van der Waals surface area contributed by atoms with Crippen LogP contribution in [0.1, 0.15) is 22.5 Å². The van der Waals surface area contributed by atoms with Crippen molar-refractivity contribution in [1.29, 1.82) is 0 Å². The number of carbonyl (C=O) groups is 2.